The van der Waals surface area contributed by atoms with E-state index >= 15 is 0 Å². The number of hydrogen-bond acceptors (Lipinski definition) is 1. The van der Waals surface area contributed by atoms with Gasteiger partial charge in [0.1, 0.15) is 0 Å². The number of alkyl halides is 1. The van der Waals surface area contributed by atoms with E-state index in [1.54, 1.807) is 12.1 Å². The maximum atomic E-state index is 12.5. The fourth-order valence-electron chi connectivity index (χ4n) is 1.45. The number of benzene rings is 1. The zero-order chi connectivity index (χ0) is 10.6. The van der Waals surface area contributed by atoms with Crippen molar-refractivity contribution in [3.8, 4) is 6.07 Å². The second-order valence-corrected chi connectivity index (χ2v) is 3.23. The fraction of sp³-hybridized carbons (Fsp3) is 0.333. The Bertz CT molecular complexity index is 352. The number of hydrogen-bond donors (Lipinski definition) is 0. The van der Waals surface area contributed by atoms with Crippen molar-refractivity contribution < 1.29 is 4.39 Å². The Labute approximate surface area is 84.2 Å². The minimum Gasteiger partial charge on any atom is -0.250 e. The minimum absolute atomic E-state index is 0.363. The minimum atomic E-state index is -0.484. The van der Waals surface area contributed by atoms with Crippen LogP contribution < -0.4 is 0 Å². The molecular formula is C12H13FN. The molecule has 1 rings (SSSR count). The largest absolute Gasteiger partial charge is 0.250 e. The van der Waals surface area contributed by atoms with E-state index in [-0.39, 0.29) is 5.92 Å². The van der Waals surface area contributed by atoms with Crippen molar-refractivity contribution in [1.29, 1.82) is 5.26 Å². The standard InChI is InChI=1S/C12H13FN/c1-3-11-5-4-10(8-14)6-12(11)9(2)7-13/h4-6,9H,2-3,7H2,1H3. The molecule has 1 aromatic rings. The van der Waals surface area contributed by atoms with Gasteiger partial charge in [-0.05, 0) is 36.6 Å². The summed E-state index contributed by atoms with van der Waals surface area (Å²) in [6.07, 6.45) is 0.840. The van der Waals surface area contributed by atoms with Crippen LogP contribution in [0.15, 0.2) is 18.2 Å². The van der Waals surface area contributed by atoms with Gasteiger partial charge >= 0.3 is 0 Å². The molecule has 14 heavy (non-hydrogen) atoms. The molecule has 1 unspecified atom stereocenters. The zero-order valence-electron chi connectivity index (χ0n) is 8.26. The first kappa shape index (κ1) is 10.7. The van der Waals surface area contributed by atoms with Crippen molar-refractivity contribution in [2.24, 2.45) is 0 Å². The van der Waals surface area contributed by atoms with E-state index in [0.29, 0.717) is 5.56 Å². The lowest BCUT2D eigenvalue weighted by molar-refractivity contribution is 0.464. The maximum Gasteiger partial charge on any atom is 0.0991 e. The van der Waals surface area contributed by atoms with Crippen LogP contribution in [0.4, 0.5) is 4.39 Å². The van der Waals surface area contributed by atoms with Gasteiger partial charge in [-0.3, -0.25) is 4.39 Å². The topological polar surface area (TPSA) is 23.8 Å². The predicted octanol–water partition coefficient (Wildman–Crippen LogP) is 3.01. The van der Waals surface area contributed by atoms with Gasteiger partial charge in [-0.1, -0.05) is 13.0 Å². The van der Waals surface area contributed by atoms with Crippen molar-refractivity contribution in [3.05, 3.63) is 41.8 Å². The molecule has 0 bridgehead atoms. The molecule has 1 nitrogen and oxygen atoms in total. The summed E-state index contributed by atoms with van der Waals surface area (Å²) in [5, 5.41) is 8.72. The smallest absolute Gasteiger partial charge is 0.0991 e. The van der Waals surface area contributed by atoms with Gasteiger partial charge in [0.2, 0.25) is 0 Å². The van der Waals surface area contributed by atoms with E-state index < -0.39 is 6.67 Å². The van der Waals surface area contributed by atoms with E-state index in [1.165, 1.54) is 0 Å². The van der Waals surface area contributed by atoms with Gasteiger partial charge in [0.25, 0.3) is 0 Å². The first-order valence-electron chi connectivity index (χ1n) is 4.64. The Morgan fingerprint density at radius 3 is 2.79 bits per heavy atom. The average Bonchev–Trinajstić information content (AvgIpc) is 2.27. The monoisotopic (exact) mass is 190 g/mol. The lowest BCUT2D eigenvalue weighted by Gasteiger charge is -2.12. The molecule has 0 spiro atoms. The van der Waals surface area contributed by atoms with Crippen LogP contribution in [-0.4, -0.2) is 6.67 Å². The Morgan fingerprint density at radius 1 is 1.57 bits per heavy atom. The molecule has 73 valence electrons. The summed E-state index contributed by atoms with van der Waals surface area (Å²) in [4.78, 5) is 0. The van der Waals surface area contributed by atoms with Gasteiger partial charge in [0.05, 0.1) is 18.3 Å². The van der Waals surface area contributed by atoms with Crippen molar-refractivity contribution in [2.45, 2.75) is 19.3 Å². The molecule has 1 atom stereocenters. The van der Waals surface area contributed by atoms with Gasteiger partial charge in [0, 0.05) is 5.92 Å². The number of aryl methyl sites for hydroxylation is 1. The van der Waals surface area contributed by atoms with Crippen molar-refractivity contribution in [2.75, 3.05) is 6.67 Å². The molecule has 0 aliphatic rings. The molecule has 0 N–H and O–H groups in total. The molecule has 0 aliphatic carbocycles. The van der Waals surface area contributed by atoms with Gasteiger partial charge in [-0.15, -0.1) is 0 Å². The third kappa shape index (κ3) is 2.11. The molecule has 0 saturated carbocycles. The molecule has 0 aromatic heterocycles. The molecule has 0 aliphatic heterocycles. The summed E-state index contributed by atoms with van der Waals surface area (Å²) >= 11 is 0. The van der Waals surface area contributed by atoms with Gasteiger partial charge in [-0.2, -0.15) is 5.26 Å². The molecule has 2 heteroatoms. The van der Waals surface area contributed by atoms with Crippen LogP contribution in [0, 0.1) is 18.3 Å². The van der Waals surface area contributed by atoms with Gasteiger partial charge in [0.15, 0.2) is 0 Å². The highest BCUT2D eigenvalue weighted by molar-refractivity contribution is 5.40. The summed E-state index contributed by atoms with van der Waals surface area (Å²) in [6.45, 7) is 5.25. The highest BCUT2D eigenvalue weighted by Crippen LogP contribution is 2.22. The second kappa shape index (κ2) is 4.76. The van der Waals surface area contributed by atoms with Crippen LogP contribution in [-0.2, 0) is 6.42 Å². The third-order valence-corrected chi connectivity index (χ3v) is 2.28. The number of rotatable bonds is 3. The Balaban J connectivity index is 3.16. The van der Waals surface area contributed by atoms with Crippen LogP contribution in [0.2, 0.25) is 0 Å². The van der Waals surface area contributed by atoms with E-state index in [1.807, 2.05) is 19.1 Å². The molecule has 0 amide bonds. The van der Waals surface area contributed by atoms with Crippen molar-refractivity contribution in [1.82, 2.24) is 0 Å². The highest BCUT2D eigenvalue weighted by Gasteiger charge is 2.10. The summed E-state index contributed by atoms with van der Waals surface area (Å²) in [6, 6.07) is 7.41. The maximum absolute atomic E-state index is 12.5. The number of halogens is 1. The molecule has 0 fully saturated rings. The molecule has 1 aromatic carbocycles. The highest BCUT2D eigenvalue weighted by atomic mass is 19.1. The van der Waals surface area contributed by atoms with E-state index in [9.17, 15) is 4.39 Å². The summed E-state index contributed by atoms with van der Waals surface area (Å²) in [5.74, 6) is -0.363. The lowest BCUT2D eigenvalue weighted by atomic mass is 9.93. The van der Waals surface area contributed by atoms with E-state index in [2.05, 4.69) is 6.92 Å². The summed E-state index contributed by atoms with van der Waals surface area (Å²) < 4.78 is 12.5. The zero-order valence-corrected chi connectivity index (χ0v) is 8.26. The van der Waals surface area contributed by atoms with Gasteiger partial charge in [-0.25, -0.2) is 0 Å². The van der Waals surface area contributed by atoms with E-state index in [0.717, 1.165) is 17.5 Å². The fourth-order valence-corrected chi connectivity index (χ4v) is 1.45. The van der Waals surface area contributed by atoms with Crippen molar-refractivity contribution in [3.63, 3.8) is 0 Å². The van der Waals surface area contributed by atoms with Crippen LogP contribution in [0.5, 0.6) is 0 Å². The van der Waals surface area contributed by atoms with Crippen LogP contribution >= 0.6 is 0 Å². The molecule has 0 heterocycles. The predicted molar refractivity (Wildman–Crippen MR) is 54.6 cm³/mol. The number of nitriles is 1. The molecular weight excluding hydrogens is 177 g/mol. The van der Waals surface area contributed by atoms with Crippen LogP contribution in [0.3, 0.4) is 0 Å². The Hall–Kier alpha value is -1.36. The number of nitrogens with zero attached hydrogens (tertiary/aromatic N) is 1. The van der Waals surface area contributed by atoms with E-state index in [4.69, 9.17) is 5.26 Å². The first-order chi connectivity index (χ1) is 6.72. The van der Waals surface area contributed by atoms with Crippen LogP contribution in [0.25, 0.3) is 0 Å². The molecule has 1 radical (unpaired) electrons. The summed E-state index contributed by atoms with van der Waals surface area (Å²) in [7, 11) is 0. The second-order valence-electron chi connectivity index (χ2n) is 3.23. The SMILES string of the molecule is [CH2]C(CF)c1cc(C#N)ccc1CC. The van der Waals surface area contributed by atoms with Crippen LogP contribution in [0.1, 0.15) is 29.5 Å². The average molecular weight is 190 g/mol. The van der Waals surface area contributed by atoms with Crippen molar-refractivity contribution >= 4 is 0 Å². The third-order valence-electron chi connectivity index (χ3n) is 2.28. The Kier molecular flexibility index (Phi) is 3.64. The molecule has 0 saturated heterocycles. The van der Waals surface area contributed by atoms with Gasteiger partial charge < -0.3 is 0 Å². The quantitative estimate of drug-likeness (QED) is 0.718. The normalized spacial score (nSPS) is 12.1. The first-order valence-corrected chi connectivity index (χ1v) is 4.64. The lowest BCUT2D eigenvalue weighted by Crippen LogP contribution is -2.01. The summed E-state index contributed by atoms with van der Waals surface area (Å²) in [5.41, 5.74) is 2.50. The Morgan fingerprint density at radius 2 is 2.29 bits per heavy atom.